The Morgan fingerprint density at radius 1 is 1.38 bits per heavy atom. The van der Waals surface area contributed by atoms with Gasteiger partial charge < -0.3 is 4.74 Å². The molecule has 0 saturated carbocycles. The fraction of sp³-hybridized carbons (Fsp3) is 0.133. The second kappa shape index (κ2) is 8.06. The second-order valence-electron chi connectivity index (χ2n) is 4.03. The van der Waals surface area contributed by atoms with E-state index in [-0.39, 0.29) is 11.7 Å². The van der Waals surface area contributed by atoms with Gasteiger partial charge in [-0.05, 0) is 29.8 Å². The minimum atomic E-state index is -0.176. The van der Waals surface area contributed by atoms with Crippen LogP contribution in [0.15, 0.2) is 58.8 Å². The Bertz CT molecular complexity index is 617. The van der Waals surface area contributed by atoms with Crippen LogP contribution in [0.25, 0.3) is 0 Å². The molecule has 1 N–H and O–H groups in total. The zero-order valence-corrected chi connectivity index (χ0v) is 12.3. The molecule has 0 aliphatic rings. The van der Waals surface area contributed by atoms with E-state index < -0.39 is 0 Å². The number of hydrogen-bond acceptors (Lipinski definition) is 5. The van der Waals surface area contributed by atoms with Gasteiger partial charge in [-0.15, -0.1) is 0 Å². The maximum absolute atomic E-state index is 11.6. The van der Waals surface area contributed by atoms with Gasteiger partial charge in [0.1, 0.15) is 5.75 Å². The van der Waals surface area contributed by atoms with E-state index in [1.54, 1.807) is 19.5 Å². The molecule has 21 heavy (non-hydrogen) atoms. The smallest absolute Gasteiger partial charge is 0.250 e. The highest BCUT2D eigenvalue weighted by Gasteiger charge is 2.01. The van der Waals surface area contributed by atoms with Crippen molar-refractivity contribution in [3.63, 3.8) is 0 Å². The molecule has 2 aromatic rings. The largest absolute Gasteiger partial charge is 0.497 e. The third kappa shape index (κ3) is 5.27. The minimum absolute atomic E-state index is 0.176. The van der Waals surface area contributed by atoms with Crippen molar-refractivity contribution in [1.82, 2.24) is 10.4 Å². The second-order valence-corrected chi connectivity index (χ2v) is 5.02. The summed E-state index contributed by atoms with van der Waals surface area (Å²) in [7, 11) is 1.60. The van der Waals surface area contributed by atoms with Gasteiger partial charge in [-0.3, -0.25) is 4.79 Å². The predicted molar refractivity (Wildman–Crippen MR) is 83.7 cm³/mol. The monoisotopic (exact) mass is 301 g/mol. The molecular weight excluding hydrogens is 286 g/mol. The molecule has 1 aromatic heterocycles. The van der Waals surface area contributed by atoms with Crippen LogP contribution in [0.1, 0.15) is 5.56 Å². The van der Waals surface area contributed by atoms with Crippen LogP contribution >= 0.6 is 11.8 Å². The number of nitrogens with one attached hydrogen (secondary N) is 1. The predicted octanol–water partition coefficient (Wildman–Crippen LogP) is 2.33. The maximum atomic E-state index is 11.6. The number of methoxy groups -OCH3 is 1. The van der Waals surface area contributed by atoms with Crippen molar-refractivity contribution < 1.29 is 9.53 Å². The normalized spacial score (nSPS) is 10.5. The molecular formula is C15H15N3O2S. The van der Waals surface area contributed by atoms with E-state index in [1.165, 1.54) is 11.8 Å². The number of ether oxygens (including phenoxy) is 1. The SMILES string of the molecule is COc1cccc(/C=N\NC(=O)CSc2ccccn2)c1. The molecule has 1 aromatic carbocycles. The number of carbonyl (C=O) groups excluding carboxylic acids is 1. The van der Waals surface area contributed by atoms with Gasteiger partial charge >= 0.3 is 0 Å². The van der Waals surface area contributed by atoms with E-state index in [2.05, 4.69) is 15.5 Å². The lowest BCUT2D eigenvalue weighted by Crippen LogP contribution is -2.19. The van der Waals surface area contributed by atoms with Gasteiger partial charge in [-0.2, -0.15) is 5.10 Å². The number of carbonyl (C=O) groups is 1. The van der Waals surface area contributed by atoms with E-state index in [9.17, 15) is 4.79 Å². The van der Waals surface area contributed by atoms with E-state index >= 15 is 0 Å². The number of rotatable bonds is 6. The zero-order valence-electron chi connectivity index (χ0n) is 11.5. The van der Waals surface area contributed by atoms with E-state index in [0.717, 1.165) is 16.3 Å². The van der Waals surface area contributed by atoms with Crippen LogP contribution in [-0.4, -0.2) is 30.0 Å². The number of hydrogen-bond donors (Lipinski definition) is 1. The van der Waals surface area contributed by atoms with Crippen LogP contribution < -0.4 is 10.2 Å². The summed E-state index contributed by atoms with van der Waals surface area (Å²) in [5.41, 5.74) is 3.33. The van der Waals surface area contributed by atoms with Gasteiger partial charge in [-0.1, -0.05) is 30.0 Å². The van der Waals surface area contributed by atoms with Gasteiger partial charge in [-0.25, -0.2) is 10.4 Å². The summed E-state index contributed by atoms with van der Waals surface area (Å²) in [6.07, 6.45) is 3.27. The summed E-state index contributed by atoms with van der Waals surface area (Å²) in [4.78, 5) is 15.8. The highest BCUT2D eigenvalue weighted by atomic mass is 32.2. The van der Waals surface area contributed by atoms with Gasteiger partial charge in [0.2, 0.25) is 5.91 Å². The molecule has 0 aliphatic heterocycles. The van der Waals surface area contributed by atoms with Crippen molar-refractivity contribution in [3.05, 3.63) is 54.2 Å². The lowest BCUT2D eigenvalue weighted by Gasteiger charge is -2.01. The highest BCUT2D eigenvalue weighted by Crippen LogP contribution is 2.13. The first kappa shape index (κ1) is 15.1. The molecule has 0 spiro atoms. The molecule has 108 valence electrons. The Hall–Kier alpha value is -2.34. The Morgan fingerprint density at radius 2 is 2.29 bits per heavy atom. The molecule has 1 heterocycles. The van der Waals surface area contributed by atoms with E-state index in [0.29, 0.717) is 0 Å². The topological polar surface area (TPSA) is 63.6 Å². The van der Waals surface area contributed by atoms with Crippen molar-refractivity contribution in [2.24, 2.45) is 5.10 Å². The third-order valence-corrected chi connectivity index (χ3v) is 3.43. The first-order chi connectivity index (χ1) is 10.3. The van der Waals surface area contributed by atoms with E-state index in [1.807, 2.05) is 42.5 Å². The number of aromatic nitrogens is 1. The van der Waals surface area contributed by atoms with Crippen molar-refractivity contribution in [3.8, 4) is 5.75 Å². The van der Waals surface area contributed by atoms with Crippen molar-refractivity contribution in [2.75, 3.05) is 12.9 Å². The molecule has 2 rings (SSSR count). The summed E-state index contributed by atoms with van der Waals surface area (Å²) >= 11 is 1.36. The summed E-state index contributed by atoms with van der Waals surface area (Å²) < 4.78 is 5.11. The Balaban J connectivity index is 1.79. The summed E-state index contributed by atoms with van der Waals surface area (Å²) in [5.74, 6) is 0.840. The fourth-order valence-corrected chi connectivity index (χ4v) is 2.16. The maximum Gasteiger partial charge on any atom is 0.250 e. The molecule has 5 nitrogen and oxygen atoms in total. The minimum Gasteiger partial charge on any atom is -0.497 e. The lowest BCUT2D eigenvalue weighted by molar-refractivity contribution is -0.118. The Labute approximate surface area is 127 Å². The van der Waals surface area contributed by atoms with Crippen LogP contribution in [0, 0.1) is 0 Å². The molecule has 0 saturated heterocycles. The van der Waals surface area contributed by atoms with Gasteiger partial charge in [0.15, 0.2) is 0 Å². The van der Waals surface area contributed by atoms with Crippen LogP contribution in [0.5, 0.6) is 5.75 Å². The first-order valence-corrected chi connectivity index (χ1v) is 7.26. The van der Waals surface area contributed by atoms with Crippen LogP contribution in [0.4, 0.5) is 0 Å². The van der Waals surface area contributed by atoms with Gasteiger partial charge in [0.05, 0.1) is 24.1 Å². The number of hydrazone groups is 1. The number of benzene rings is 1. The van der Waals surface area contributed by atoms with Crippen LogP contribution in [-0.2, 0) is 4.79 Å². The molecule has 0 fully saturated rings. The Morgan fingerprint density at radius 3 is 3.05 bits per heavy atom. The lowest BCUT2D eigenvalue weighted by atomic mass is 10.2. The molecule has 0 aliphatic carbocycles. The van der Waals surface area contributed by atoms with Gasteiger partial charge in [0.25, 0.3) is 0 Å². The number of amides is 1. The van der Waals surface area contributed by atoms with Crippen molar-refractivity contribution in [2.45, 2.75) is 5.03 Å². The molecule has 0 atom stereocenters. The summed E-state index contributed by atoms with van der Waals surface area (Å²) in [6, 6.07) is 13.0. The summed E-state index contributed by atoms with van der Waals surface area (Å²) in [5, 5.41) is 4.73. The summed E-state index contributed by atoms with van der Waals surface area (Å²) in [6.45, 7) is 0. The standard InChI is InChI=1S/C15H15N3O2S/c1-20-13-6-4-5-12(9-13)10-17-18-14(19)11-21-15-7-2-3-8-16-15/h2-10H,11H2,1H3,(H,18,19)/b17-10-. The number of thioether (sulfide) groups is 1. The molecule has 1 amide bonds. The molecule has 0 bridgehead atoms. The Kier molecular flexibility index (Phi) is 5.78. The number of pyridine rings is 1. The first-order valence-electron chi connectivity index (χ1n) is 6.28. The molecule has 6 heteroatoms. The van der Waals surface area contributed by atoms with Crippen LogP contribution in [0.3, 0.4) is 0 Å². The molecule has 0 radical (unpaired) electrons. The average Bonchev–Trinajstić information content (AvgIpc) is 2.54. The van der Waals surface area contributed by atoms with Crippen LogP contribution in [0.2, 0.25) is 0 Å². The highest BCUT2D eigenvalue weighted by molar-refractivity contribution is 7.99. The van der Waals surface area contributed by atoms with E-state index in [4.69, 9.17) is 4.74 Å². The number of nitrogens with zero attached hydrogens (tertiary/aromatic N) is 2. The average molecular weight is 301 g/mol. The quantitative estimate of drug-likeness (QED) is 0.505. The van der Waals surface area contributed by atoms with Crippen molar-refractivity contribution >= 4 is 23.9 Å². The van der Waals surface area contributed by atoms with Gasteiger partial charge in [0, 0.05) is 6.20 Å². The third-order valence-electron chi connectivity index (χ3n) is 2.49. The van der Waals surface area contributed by atoms with Crippen molar-refractivity contribution in [1.29, 1.82) is 0 Å². The fourth-order valence-electron chi connectivity index (χ4n) is 1.50. The zero-order chi connectivity index (χ0) is 14.9. The molecule has 0 unspecified atom stereocenters.